The third kappa shape index (κ3) is 6.94. The molecule has 4 heterocycles. The molecule has 0 aliphatic rings. The molecular weight excluding hydrogens is 780 g/mol. The minimum absolute atomic E-state index is 0. The van der Waals surface area contributed by atoms with Gasteiger partial charge in [0, 0.05) is 17.6 Å². The fraction of sp³-hybridized carbons (Fsp3) is 0.273. The van der Waals surface area contributed by atoms with E-state index in [1.807, 2.05) is 24.4 Å². The second-order valence-electron chi connectivity index (χ2n) is 16.1. The quantitative estimate of drug-likeness (QED) is 0.166. The molecule has 0 saturated carbocycles. The molecule has 0 saturated heterocycles. The second kappa shape index (κ2) is 12.6. The second-order valence-corrected chi connectivity index (χ2v) is 16.1. The standard InChI is InChI=1S/C44H44N4.Pt/c1-42(2,3)34-14-16-38-33(25-34)26-40(46-38)48-19-17-28-13-15-39(47-41(28)48)32-21-29(20-31(22-32)37-12-10-11-18-45-37)30-23-35(43(4,5)6)27-36(24-30)44(7,8)9;/h10-21,23-27H,1-9H3;/q-2;+2. The minimum atomic E-state index is 0. The van der Waals surface area contributed by atoms with Gasteiger partial charge in [0.05, 0.1) is 5.65 Å². The van der Waals surface area contributed by atoms with Crippen molar-refractivity contribution in [2.75, 3.05) is 0 Å². The number of rotatable bonds is 4. The molecule has 0 fully saturated rings. The van der Waals surface area contributed by atoms with Gasteiger partial charge in [0.2, 0.25) is 0 Å². The summed E-state index contributed by atoms with van der Waals surface area (Å²) < 4.78 is 2.10. The SMILES string of the molecule is CC(C)(C)c1cc(-c2cc(-c3ccccn3)[c-]c(-c3ccc4ccn(-c5cc6cc(C(C)(C)C)ccc6[n-]5)c4n3)c2)cc(C(C)(C)C)c1.[Pt+2]. The van der Waals surface area contributed by atoms with Gasteiger partial charge in [-0.2, -0.15) is 0 Å². The molecule has 0 unspecified atom stereocenters. The number of fused-ring (bicyclic) bond motifs is 2. The van der Waals surface area contributed by atoms with Crippen molar-refractivity contribution in [1.29, 1.82) is 0 Å². The summed E-state index contributed by atoms with van der Waals surface area (Å²) in [6, 6.07) is 36.3. The van der Waals surface area contributed by atoms with E-state index in [9.17, 15) is 0 Å². The van der Waals surface area contributed by atoms with Gasteiger partial charge >= 0.3 is 21.1 Å². The Balaban J connectivity index is 0.00000417. The first-order valence-corrected chi connectivity index (χ1v) is 16.9. The van der Waals surface area contributed by atoms with Gasteiger partial charge in [-0.25, -0.2) is 0 Å². The summed E-state index contributed by atoms with van der Waals surface area (Å²) >= 11 is 0. The molecule has 0 N–H and O–H groups in total. The van der Waals surface area contributed by atoms with Crippen LogP contribution in [-0.4, -0.2) is 14.5 Å². The van der Waals surface area contributed by atoms with Crippen molar-refractivity contribution in [3.63, 3.8) is 0 Å². The summed E-state index contributed by atoms with van der Waals surface area (Å²) in [6.45, 7) is 20.4. The van der Waals surface area contributed by atoms with Gasteiger partial charge in [0.1, 0.15) is 0 Å². The van der Waals surface area contributed by atoms with Gasteiger partial charge in [0.15, 0.2) is 0 Å². The molecular formula is C44H44N4Pt. The molecule has 250 valence electrons. The van der Waals surface area contributed by atoms with Gasteiger partial charge in [-0.1, -0.05) is 164 Å². The van der Waals surface area contributed by atoms with Crippen LogP contribution in [0.15, 0.2) is 103 Å². The van der Waals surface area contributed by atoms with E-state index >= 15 is 0 Å². The van der Waals surface area contributed by atoms with E-state index in [1.165, 1.54) is 22.3 Å². The van der Waals surface area contributed by atoms with Crippen LogP contribution >= 0.6 is 0 Å². The fourth-order valence-corrected chi connectivity index (χ4v) is 6.19. The molecule has 0 aliphatic carbocycles. The summed E-state index contributed by atoms with van der Waals surface area (Å²) in [4.78, 5) is 15.0. The predicted octanol–water partition coefficient (Wildman–Crippen LogP) is 11.2. The molecule has 7 rings (SSSR count). The first-order chi connectivity index (χ1) is 22.6. The molecule has 0 spiro atoms. The maximum atomic E-state index is 5.26. The van der Waals surface area contributed by atoms with Gasteiger partial charge in [-0.05, 0) is 60.9 Å². The van der Waals surface area contributed by atoms with Crippen LogP contribution in [0, 0.1) is 6.07 Å². The van der Waals surface area contributed by atoms with Crippen LogP contribution in [0.2, 0.25) is 0 Å². The molecule has 4 nitrogen and oxygen atoms in total. The molecule has 0 bridgehead atoms. The van der Waals surface area contributed by atoms with E-state index in [-0.39, 0.29) is 37.3 Å². The molecule has 4 aromatic heterocycles. The van der Waals surface area contributed by atoms with E-state index in [2.05, 4.69) is 152 Å². The van der Waals surface area contributed by atoms with Crippen LogP contribution in [0.5, 0.6) is 0 Å². The first-order valence-electron chi connectivity index (χ1n) is 16.9. The van der Waals surface area contributed by atoms with Crippen molar-refractivity contribution in [3.05, 3.63) is 126 Å². The van der Waals surface area contributed by atoms with Gasteiger partial charge < -0.3 is 9.55 Å². The number of benzene rings is 3. The van der Waals surface area contributed by atoms with Crippen LogP contribution in [0.4, 0.5) is 0 Å². The number of pyridine rings is 2. The van der Waals surface area contributed by atoms with Crippen molar-refractivity contribution < 1.29 is 21.1 Å². The molecule has 0 aliphatic heterocycles. The van der Waals surface area contributed by atoms with Crippen molar-refractivity contribution in [1.82, 2.24) is 19.5 Å². The van der Waals surface area contributed by atoms with Crippen molar-refractivity contribution in [2.45, 2.75) is 78.6 Å². The largest absolute Gasteiger partial charge is 2.00 e. The number of nitrogens with zero attached hydrogens (tertiary/aromatic N) is 4. The molecule has 0 atom stereocenters. The number of hydrogen-bond donors (Lipinski definition) is 0. The third-order valence-corrected chi connectivity index (χ3v) is 9.28. The summed E-state index contributed by atoms with van der Waals surface area (Å²) in [5.41, 5.74) is 11.8. The summed E-state index contributed by atoms with van der Waals surface area (Å²) in [5, 5.41) is 2.21. The first kappa shape index (κ1) is 34.6. The van der Waals surface area contributed by atoms with Crippen LogP contribution in [-0.2, 0) is 37.3 Å². The maximum absolute atomic E-state index is 5.26. The normalized spacial score (nSPS) is 12.4. The summed E-state index contributed by atoms with van der Waals surface area (Å²) in [7, 11) is 0. The predicted molar refractivity (Wildman–Crippen MR) is 201 cm³/mol. The van der Waals surface area contributed by atoms with Gasteiger partial charge in [0.25, 0.3) is 0 Å². The van der Waals surface area contributed by atoms with E-state index in [0.29, 0.717) is 0 Å². The topological polar surface area (TPSA) is 44.8 Å². The smallest absolute Gasteiger partial charge is 0.435 e. The van der Waals surface area contributed by atoms with E-state index < -0.39 is 0 Å². The molecule has 49 heavy (non-hydrogen) atoms. The average molecular weight is 824 g/mol. The number of hydrogen-bond acceptors (Lipinski definition) is 2. The summed E-state index contributed by atoms with van der Waals surface area (Å²) in [5.74, 6) is 0.872. The Morgan fingerprint density at radius 2 is 1.24 bits per heavy atom. The van der Waals surface area contributed by atoms with E-state index in [0.717, 1.165) is 55.8 Å². The maximum Gasteiger partial charge on any atom is 2.00 e. The average Bonchev–Trinajstić information content (AvgIpc) is 3.67. The Kier molecular flexibility index (Phi) is 8.86. The zero-order valence-electron chi connectivity index (χ0n) is 29.9. The summed E-state index contributed by atoms with van der Waals surface area (Å²) in [6.07, 6.45) is 3.91. The Morgan fingerprint density at radius 3 is 1.88 bits per heavy atom. The Bertz CT molecular complexity index is 2250. The van der Waals surface area contributed by atoms with Crippen molar-refractivity contribution >= 4 is 21.9 Å². The fourth-order valence-electron chi connectivity index (χ4n) is 6.19. The van der Waals surface area contributed by atoms with Crippen LogP contribution in [0.25, 0.3) is 61.4 Å². The zero-order valence-corrected chi connectivity index (χ0v) is 32.2. The van der Waals surface area contributed by atoms with Gasteiger partial charge in [-0.3, -0.25) is 9.97 Å². The van der Waals surface area contributed by atoms with Gasteiger partial charge in [-0.15, -0.1) is 18.2 Å². The molecule has 7 aromatic rings. The van der Waals surface area contributed by atoms with Crippen LogP contribution in [0.3, 0.4) is 0 Å². The monoisotopic (exact) mass is 823 g/mol. The Labute approximate surface area is 305 Å². The molecule has 0 radical (unpaired) electrons. The van der Waals surface area contributed by atoms with Crippen LogP contribution < -0.4 is 4.98 Å². The van der Waals surface area contributed by atoms with E-state index in [1.54, 1.807) is 0 Å². The van der Waals surface area contributed by atoms with Crippen LogP contribution in [0.1, 0.15) is 79.0 Å². The molecule has 5 heteroatoms. The third-order valence-electron chi connectivity index (χ3n) is 9.28. The molecule has 3 aromatic carbocycles. The van der Waals surface area contributed by atoms with E-state index in [4.69, 9.17) is 15.0 Å². The van der Waals surface area contributed by atoms with Crippen molar-refractivity contribution in [2.24, 2.45) is 0 Å². The zero-order chi connectivity index (χ0) is 34.0. The minimum Gasteiger partial charge on any atom is -0.435 e. The van der Waals surface area contributed by atoms with Crippen molar-refractivity contribution in [3.8, 4) is 39.5 Å². The molecule has 0 amide bonds. The Morgan fingerprint density at radius 1 is 0.592 bits per heavy atom. The number of aromatic nitrogens is 4. The Hall–Kier alpha value is -4.27.